The minimum atomic E-state index is -3.37. The van der Waals surface area contributed by atoms with Crippen molar-refractivity contribution in [2.24, 2.45) is 7.05 Å². The average Bonchev–Trinajstić information content (AvgIpc) is 2.62. The molecule has 0 aliphatic heterocycles. The smallest absolute Gasteiger partial charge is 0.313 e. The number of carboxylic acids is 1. The molecule has 0 atom stereocenters. The number of aromatic nitrogens is 2. The Hall–Kier alpha value is -1.54. The van der Waals surface area contributed by atoms with Crippen molar-refractivity contribution in [2.45, 2.75) is 10.1 Å². The average molecular weight is 300 g/mol. The summed E-state index contributed by atoms with van der Waals surface area (Å²) < 4.78 is 25.1. The molecule has 0 amide bonds. The molecule has 0 radical (unpaired) electrons. The molecule has 8 heteroatoms. The maximum Gasteiger partial charge on any atom is 0.313 e. The largest absolute Gasteiger partial charge is 0.481 e. The molecule has 102 valence electrons. The normalized spacial score (nSPS) is 11.9. The van der Waals surface area contributed by atoms with Crippen molar-refractivity contribution < 1.29 is 18.3 Å². The van der Waals surface area contributed by atoms with E-state index >= 15 is 0 Å². The molecule has 2 aromatic rings. The van der Waals surface area contributed by atoms with Crippen molar-refractivity contribution in [1.82, 2.24) is 9.55 Å². The van der Waals surface area contributed by atoms with Crippen LogP contribution in [0.25, 0.3) is 11.0 Å². The third-order valence-corrected chi connectivity index (χ3v) is 4.70. The molecule has 0 unspecified atom stereocenters. The second-order valence-electron chi connectivity index (χ2n) is 4.03. The van der Waals surface area contributed by atoms with Gasteiger partial charge in [0.2, 0.25) is 0 Å². The quantitative estimate of drug-likeness (QED) is 0.852. The first-order chi connectivity index (χ1) is 8.80. The highest BCUT2D eigenvalue weighted by Gasteiger charge is 2.17. The number of aryl methyl sites for hydroxylation is 1. The van der Waals surface area contributed by atoms with Crippen LogP contribution in [0.15, 0.2) is 28.3 Å². The van der Waals surface area contributed by atoms with Gasteiger partial charge in [0.25, 0.3) is 0 Å². The van der Waals surface area contributed by atoms with E-state index in [1.54, 1.807) is 23.7 Å². The number of rotatable bonds is 4. The number of carboxylic acid groups (broad SMARTS) is 1. The van der Waals surface area contributed by atoms with E-state index < -0.39 is 15.8 Å². The Kier molecular flexibility index (Phi) is 3.55. The fraction of sp³-hybridized carbons (Fsp3) is 0.273. The first kappa shape index (κ1) is 13.9. The first-order valence-corrected chi connectivity index (χ1v) is 8.18. The fourth-order valence-electron chi connectivity index (χ4n) is 1.72. The predicted octanol–water partition coefficient (Wildman–Crippen LogP) is 1.15. The van der Waals surface area contributed by atoms with Crippen LogP contribution >= 0.6 is 11.8 Å². The maximum atomic E-state index is 11.7. The van der Waals surface area contributed by atoms with Crippen molar-refractivity contribution in [3.05, 3.63) is 18.2 Å². The number of aliphatic carboxylic acids is 1. The number of thioether (sulfide) groups is 1. The summed E-state index contributed by atoms with van der Waals surface area (Å²) in [5, 5.41) is 9.15. The lowest BCUT2D eigenvalue weighted by Crippen LogP contribution is -2.00. The molecule has 0 aliphatic rings. The molecule has 0 saturated carbocycles. The molecule has 0 spiro atoms. The highest BCUT2D eigenvalue weighted by Crippen LogP contribution is 2.27. The van der Waals surface area contributed by atoms with E-state index in [1.807, 2.05) is 0 Å². The molecular formula is C11H12N2O4S2. The van der Waals surface area contributed by atoms with Gasteiger partial charge in [-0.3, -0.25) is 4.79 Å². The SMILES string of the molecule is Cn1c(SCC(=O)O)nc2c(S(C)(=O)=O)cccc21. The number of sulfone groups is 1. The summed E-state index contributed by atoms with van der Waals surface area (Å²) in [5.41, 5.74) is 1.04. The number of imidazole rings is 1. The van der Waals surface area contributed by atoms with Gasteiger partial charge in [0.1, 0.15) is 5.52 Å². The van der Waals surface area contributed by atoms with E-state index in [0.717, 1.165) is 18.0 Å². The van der Waals surface area contributed by atoms with Crippen LogP contribution in [0, 0.1) is 0 Å². The molecular weight excluding hydrogens is 288 g/mol. The van der Waals surface area contributed by atoms with E-state index in [1.165, 1.54) is 6.07 Å². The van der Waals surface area contributed by atoms with E-state index in [-0.39, 0.29) is 10.6 Å². The number of fused-ring (bicyclic) bond motifs is 1. The van der Waals surface area contributed by atoms with Crippen LogP contribution in [-0.2, 0) is 21.7 Å². The van der Waals surface area contributed by atoms with Crippen LogP contribution in [0.4, 0.5) is 0 Å². The number of nitrogens with zero attached hydrogens (tertiary/aromatic N) is 2. The lowest BCUT2D eigenvalue weighted by Gasteiger charge is -2.00. The Morgan fingerprint density at radius 2 is 2.16 bits per heavy atom. The van der Waals surface area contributed by atoms with E-state index in [4.69, 9.17) is 5.11 Å². The van der Waals surface area contributed by atoms with E-state index in [9.17, 15) is 13.2 Å². The second kappa shape index (κ2) is 4.86. The molecule has 0 saturated heterocycles. The topological polar surface area (TPSA) is 89.3 Å². The summed E-state index contributed by atoms with van der Waals surface area (Å²) in [6.45, 7) is 0. The van der Waals surface area contributed by atoms with Crippen molar-refractivity contribution >= 4 is 38.6 Å². The summed E-state index contributed by atoms with van der Waals surface area (Å²) in [5.74, 6) is -1.06. The number of para-hydroxylation sites is 1. The van der Waals surface area contributed by atoms with E-state index in [2.05, 4.69) is 4.98 Å². The van der Waals surface area contributed by atoms with Gasteiger partial charge in [-0.25, -0.2) is 13.4 Å². The van der Waals surface area contributed by atoms with Crippen LogP contribution < -0.4 is 0 Å². The summed E-state index contributed by atoms with van der Waals surface area (Å²) in [7, 11) is -1.64. The van der Waals surface area contributed by atoms with Gasteiger partial charge < -0.3 is 9.67 Å². The third kappa shape index (κ3) is 2.74. The minimum absolute atomic E-state index is 0.120. The van der Waals surface area contributed by atoms with Gasteiger partial charge in [-0.15, -0.1) is 0 Å². The highest BCUT2D eigenvalue weighted by atomic mass is 32.2. The van der Waals surface area contributed by atoms with Gasteiger partial charge >= 0.3 is 5.97 Å². The van der Waals surface area contributed by atoms with Crippen molar-refractivity contribution in [3.8, 4) is 0 Å². The molecule has 2 rings (SSSR count). The van der Waals surface area contributed by atoms with Crippen molar-refractivity contribution in [2.75, 3.05) is 12.0 Å². The Morgan fingerprint density at radius 3 is 2.74 bits per heavy atom. The Labute approximate surface area is 114 Å². The molecule has 1 heterocycles. The monoisotopic (exact) mass is 300 g/mol. The number of hydrogen-bond donors (Lipinski definition) is 1. The van der Waals surface area contributed by atoms with Crippen LogP contribution in [-0.4, -0.2) is 41.1 Å². The lowest BCUT2D eigenvalue weighted by molar-refractivity contribution is -0.133. The fourth-order valence-corrected chi connectivity index (χ4v) is 3.25. The summed E-state index contributed by atoms with van der Waals surface area (Å²) >= 11 is 1.06. The summed E-state index contributed by atoms with van der Waals surface area (Å²) in [4.78, 5) is 15.0. The van der Waals surface area contributed by atoms with Crippen LogP contribution in [0.1, 0.15) is 0 Å². The Morgan fingerprint density at radius 1 is 1.47 bits per heavy atom. The molecule has 0 bridgehead atoms. The number of carbonyl (C=O) groups is 1. The third-order valence-electron chi connectivity index (χ3n) is 2.56. The molecule has 19 heavy (non-hydrogen) atoms. The molecule has 0 fully saturated rings. The zero-order valence-corrected chi connectivity index (χ0v) is 12.0. The van der Waals surface area contributed by atoms with Gasteiger partial charge in [0, 0.05) is 13.3 Å². The second-order valence-corrected chi connectivity index (χ2v) is 6.96. The zero-order valence-electron chi connectivity index (χ0n) is 10.3. The van der Waals surface area contributed by atoms with Gasteiger partial charge in [0.15, 0.2) is 15.0 Å². The minimum Gasteiger partial charge on any atom is -0.481 e. The lowest BCUT2D eigenvalue weighted by atomic mass is 10.3. The van der Waals surface area contributed by atoms with Crippen molar-refractivity contribution in [3.63, 3.8) is 0 Å². The Bertz CT molecular complexity index is 749. The van der Waals surface area contributed by atoms with Crippen LogP contribution in [0.5, 0.6) is 0 Å². The summed E-state index contributed by atoms with van der Waals surface area (Å²) in [6, 6.07) is 4.89. The van der Waals surface area contributed by atoms with Gasteiger partial charge in [0.05, 0.1) is 16.2 Å². The maximum absolute atomic E-state index is 11.7. The summed E-state index contributed by atoms with van der Waals surface area (Å²) in [6.07, 6.45) is 1.13. The molecule has 1 aromatic carbocycles. The standard InChI is InChI=1S/C11H12N2O4S2/c1-13-7-4-3-5-8(19(2,16)17)10(7)12-11(13)18-6-9(14)15/h3-5H,6H2,1-2H3,(H,14,15). The molecule has 1 aromatic heterocycles. The zero-order chi connectivity index (χ0) is 14.2. The first-order valence-electron chi connectivity index (χ1n) is 5.31. The number of benzene rings is 1. The van der Waals surface area contributed by atoms with Crippen LogP contribution in [0.2, 0.25) is 0 Å². The molecule has 1 N–H and O–H groups in total. The molecule has 6 nitrogen and oxygen atoms in total. The predicted molar refractivity (Wildman–Crippen MR) is 72.2 cm³/mol. The van der Waals surface area contributed by atoms with Gasteiger partial charge in [-0.05, 0) is 12.1 Å². The molecule has 0 aliphatic carbocycles. The van der Waals surface area contributed by atoms with Gasteiger partial charge in [-0.1, -0.05) is 17.8 Å². The van der Waals surface area contributed by atoms with Gasteiger partial charge in [-0.2, -0.15) is 0 Å². The van der Waals surface area contributed by atoms with E-state index in [0.29, 0.717) is 16.2 Å². The van der Waals surface area contributed by atoms with Crippen LogP contribution in [0.3, 0.4) is 0 Å². The highest BCUT2D eigenvalue weighted by molar-refractivity contribution is 7.99. The van der Waals surface area contributed by atoms with Crippen molar-refractivity contribution in [1.29, 1.82) is 0 Å². The number of hydrogen-bond acceptors (Lipinski definition) is 5. The Balaban J connectivity index is 2.60.